The highest BCUT2D eigenvalue weighted by Crippen LogP contribution is 2.06. The van der Waals surface area contributed by atoms with Crippen LogP contribution in [-0.4, -0.2) is 30.9 Å². The Morgan fingerprint density at radius 1 is 1.47 bits per heavy atom. The predicted molar refractivity (Wildman–Crippen MR) is 65.9 cm³/mol. The lowest BCUT2D eigenvalue weighted by Gasteiger charge is -2.04. The largest absolute Gasteiger partial charge is 0.395 e. The summed E-state index contributed by atoms with van der Waals surface area (Å²) >= 11 is 0. The molecule has 0 aromatic carbocycles. The van der Waals surface area contributed by atoms with E-state index in [0.717, 1.165) is 0 Å². The monoisotopic (exact) mass is 254 g/mol. The third-order valence-electron chi connectivity index (χ3n) is 1.84. The summed E-state index contributed by atoms with van der Waals surface area (Å²) in [5.74, 6) is 5.70. The van der Waals surface area contributed by atoms with E-state index in [9.17, 15) is 8.42 Å². The smallest absolute Gasteiger partial charge is 0.233 e. The second-order valence-electron chi connectivity index (χ2n) is 3.19. The zero-order valence-electron chi connectivity index (χ0n) is 9.47. The topological polar surface area (TPSA) is 79.3 Å². The molecule has 1 aromatic rings. The van der Waals surface area contributed by atoms with Crippen LogP contribution in [-0.2, 0) is 10.0 Å². The van der Waals surface area contributed by atoms with Gasteiger partial charge in [-0.1, -0.05) is 12.0 Å². The molecule has 0 amide bonds. The molecule has 0 saturated heterocycles. The van der Waals surface area contributed by atoms with Crippen LogP contribution in [0.5, 0.6) is 0 Å². The minimum atomic E-state index is -3.32. The second kappa shape index (κ2) is 6.23. The van der Waals surface area contributed by atoms with Crippen LogP contribution in [0.1, 0.15) is 19.0 Å². The summed E-state index contributed by atoms with van der Waals surface area (Å²) in [7, 11) is -3.32. The number of hydrogen-bond acceptors (Lipinski definition) is 4. The number of aliphatic hydroxyl groups is 1. The average Bonchev–Trinajstić information content (AvgIpc) is 2.29. The Morgan fingerprint density at radius 3 is 2.88 bits per heavy atom. The van der Waals surface area contributed by atoms with E-state index in [4.69, 9.17) is 5.11 Å². The van der Waals surface area contributed by atoms with Crippen LogP contribution in [0.2, 0.25) is 0 Å². The van der Waals surface area contributed by atoms with Crippen molar-refractivity contribution in [3.63, 3.8) is 0 Å². The summed E-state index contributed by atoms with van der Waals surface area (Å²) in [6.45, 7) is 1.54. The highest BCUT2D eigenvalue weighted by molar-refractivity contribution is 7.92. The lowest BCUT2D eigenvalue weighted by Crippen LogP contribution is -2.15. The fourth-order valence-electron chi connectivity index (χ4n) is 1.00. The maximum Gasteiger partial charge on any atom is 0.233 e. The van der Waals surface area contributed by atoms with E-state index in [-0.39, 0.29) is 18.2 Å². The van der Waals surface area contributed by atoms with Gasteiger partial charge in [0, 0.05) is 6.42 Å². The summed E-state index contributed by atoms with van der Waals surface area (Å²) in [6.07, 6.45) is 0.368. The lowest BCUT2D eigenvalue weighted by atomic mass is 10.3. The van der Waals surface area contributed by atoms with Crippen molar-refractivity contribution in [3.05, 3.63) is 23.9 Å². The number of aliphatic hydroxyl groups excluding tert-OH is 1. The van der Waals surface area contributed by atoms with Crippen LogP contribution in [0.3, 0.4) is 0 Å². The fraction of sp³-hybridized carbons (Fsp3) is 0.364. The standard InChI is InChI=1S/C11H14N2O3S/c1-2-17(15,16)13-11-8-5-7-10(12-11)6-3-4-9-14/h5,7-8,14H,2,4,9H2,1H3,(H,12,13). The van der Waals surface area contributed by atoms with E-state index in [1.165, 1.54) is 0 Å². The predicted octanol–water partition coefficient (Wildman–Crippen LogP) is 0.577. The van der Waals surface area contributed by atoms with Gasteiger partial charge in [0.1, 0.15) is 11.5 Å². The van der Waals surface area contributed by atoms with Crippen molar-refractivity contribution in [2.45, 2.75) is 13.3 Å². The van der Waals surface area contributed by atoms with Crippen LogP contribution in [0.25, 0.3) is 0 Å². The molecule has 0 spiro atoms. The number of anilines is 1. The quantitative estimate of drug-likeness (QED) is 0.770. The minimum Gasteiger partial charge on any atom is -0.395 e. The van der Waals surface area contributed by atoms with Gasteiger partial charge in [-0.3, -0.25) is 4.72 Å². The Morgan fingerprint density at radius 2 is 2.24 bits per heavy atom. The normalized spacial score (nSPS) is 10.5. The van der Waals surface area contributed by atoms with Crippen molar-refractivity contribution in [1.82, 2.24) is 4.98 Å². The molecule has 17 heavy (non-hydrogen) atoms. The number of nitrogens with one attached hydrogen (secondary N) is 1. The van der Waals surface area contributed by atoms with Crippen LogP contribution < -0.4 is 4.72 Å². The summed E-state index contributed by atoms with van der Waals surface area (Å²) in [5, 5.41) is 8.57. The Bertz CT molecular complexity index is 529. The third-order valence-corrected chi connectivity index (χ3v) is 3.12. The first-order valence-corrected chi connectivity index (χ1v) is 6.80. The molecule has 0 radical (unpaired) electrons. The van der Waals surface area contributed by atoms with E-state index in [2.05, 4.69) is 21.5 Å². The maximum atomic E-state index is 11.3. The fourth-order valence-corrected chi connectivity index (χ4v) is 1.58. The van der Waals surface area contributed by atoms with Crippen LogP contribution >= 0.6 is 0 Å². The Kier molecular flexibility index (Phi) is 4.94. The van der Waals surface area contributed by atoms with Crippen molar-refractivity contribution in [2.75, 3.05) is 17.1 Å². The average molecular weight is 254 g/mol. The lowest BCUT2D eigenvalue weighted by molar-refractivity contribution is 0.305. The van der Waals surface area contributed by atoms with Crippen LogP contribution in [0.4, 0.5) is 5.82 Å². The van der Waals surface area contributed by atoms with Gasteiger partial charge in [0.25, 0.3) is 0 Å². The second-order valence-corrected chi connectivity index (χ2v) is 5.20. The molecule has 0 bridgehead atoms. The van der Waals surface area contributed by atoms with Gasteiger partial charge in [0.05, 0.1) is 12.4 Å². The molecule has 0 aliphatic heterocycles. The summed E-state index contributed by atoms with van der Waals surface area (Å²) in [4.78, 5) is 4.03. The minimum absolute atomic E-state index is 0.00481. The van der Waals surface area contributed by atoms with Gasteiger partial charge in [-0.2, -0.15) is 0 Å². The van der Waals surface area contributed by atoms with Gasteiger partial charge in [-0.25, -0.2) is 13.4 Å². The Labute approximate surface area is 101 Å². The molecule has 0 aliphatic rings. The number of hydrogen-bond donors (Lipinski definition) is 2. The van der Waals surface area contributed by atoms with Crippen molar-refractivity contribution >= 4 is 15.8 Å². The first kappa shape index (κ1) is 13.5. The molecule has 2 N–H and O–H groups in total. The molecular formula is C11H14N2O3S. The molecule has 1 heterocycles. The summed E-state index contributed by atoms with van der Waals surface area (Å²) in [5.41, 5.74) is 0.467. The van der Waals surface area contributed by atoms with Gasteiger partial charge in [-0.15, -0.1) is 0 Å². The first-order valence-electron chi connectivity index (χ1n) is 5.14. The van der Waals surface area contributed by atoms with Crippen molar-refractivity contribution in [1.29, 1.82) is 0 Å². The molecule has 0 aliphatic carbocycles. The van der Waals surface area contributed by atoms with Gasteiger partial charge >= 0.3 is 0 Å². The zero-order valence-corrected chi connectivity index (χ0v) is 10.3. The van der Waals surface area contributed by atoms with Crippen molar-refractivity contribution in [3.8, 4) is 11.8 Å². The van der Waals surface area contributed by atoms with Gasteiger partial charge in [0.15, 0.2) is 0 Å². The molecule has 1 aromatic heterocycles. The molecule has 0 atom stereocenters. The van der Waals surface area contributed by atoms with Crippen molar-refractivity contribution < 1.29 is 13.5 Å². The number of rotatable bonds is 4. The molecule has 6 heteroatoms. The highest BCUT2D eigenvalue weighted by atomic mass is 32.2. The third kappa shape index (κ3) is 4.85. The Hall–Kier alpha value is -1.58. The van der Waals surface area contributed by atoms with Gasteiger partial charge in [-0.05, 0) is 25.0 Å². The highest BCUT2D eigenvalue weighted by Gasteiger charge is 2.07. The molecule has 1 rings (SSSR count). The Balaban J connectivity index is 2.84. The number of sulfonamides is 1. The molecule has 92 valence electrons. The zero-order chi connectivity index (χ0) is 12.7. The first-order chi connectivity index (χ1) is 8.07. The van der Waals surface area contributed by atoms with Gasteiger partial charge < -0.3 is 5.11 Å². The number of nitrogens with zero attached hydrogens (tertiary/aromatic N) is 1. The molecule has 0 unspecified atom stereocenters. The van der Waals surface area contributed by atoms with E-state index >= 15 is 0 Å². The SMILES string of the molecule is CCS(=O)(=O)Nc1cccc(C#CCCO)n1. The van der Waals surface area contributed by atoms with Crippen LogP contribution in [0, 0.1) is 11.8 Å². The van der Waals surface area contributed by atoms with E-state index in [1.807, 2.05) is 0 Å². The van der Waals surface area contributed by atoms with E-state index in [1.54, 1.807) is 25.1 Å². The summed E-state index contributed by atoms with van der Waals surface area (Å²) in [6, 6.07) is 4.90. The van der Waals surface area contributed by atoms with Gasteiger partial charge in [0.2, 0.25) is 10.0 Å². The van der Waals surface area contributed by atoms with E-state index < -0.39 is 10.0 Å². The van der Waals surface area contributed by atoms with Crippen molar-refractivity contribution in [2.24, 2.45) is 0 Å². The van der Waals surface area contributed by atoms with E-state index in [0.29, 0.717) is 12.1 Å². The molecular weight excluding hydrogens is 240 g/mol. The molecule has 0 fully saturated rings. The number of pyridine rings is 1. The molecule has 0 saturated carbocycles. The maximum absolute atomic E-state index is 11.3. The summed E-state index contributed by atoms with van der Waals surface area (Å²) < 4.78 is 25.0. The van der Waals surface area contributed by atoms with Crippen LogP contribution in [0.15, 0.2) is 18.2 Å². The molecule has 5 nitrogen and oxygen atoms in total. The number of aromatic nitrogens is 1.